The summed E-state index contributed by atoms with van der Waals surface area (Å²) < 4.78 is 6.06. The lowest BCUT2D eigenvalue weighted by molar-refractivity contribution is -0.128. The van der Waals surface area contributed by atoms with Crippen LogP contribution in [0, 0.1) is 5.92 Å². The molecule has 2 aliphatic rings. The number of piperazine rings is 1. The number of anilines is 2. The van der Waals surface area contributed by atoms with Gasteiger partial charge in [-0.2, -0.15) is 0 Å². The van der Waals surface area contributed by atoms with Crippen molar-refractivity contribution in [1.82, 2.24) is 30.7 Å². The first-order valence-electron chi connectivity index (χ1n) is 23.8. The van der Waals surface area contributed by atoms with Gasteiger partial charge < -0.3 is 56.2 Å². The van der Waals surface area contributed by atoms with Crippen molar-refractivity contribution in [1.29, 1.82) is 0 Å². The number of fused-ring (bicyclic) bond motifs is 4. The van der Waals surface area contributed by atoms with Crippen molar-refractivity contribution in [2.24, 2.45) is 11.7 Å². The fraction of sp³-hybridized carbons (Fsp3) is 0.404. The molecule has 0 bridgehead atoms. The maximum Gasteiger partial charge on any atom is 0.415 e. The van der Waals surface area contributed by atoms with E-state index in [0.29, 0.717) is 79.3 Å². The molecule has 0 unspecified atom stereocenters. The molecule has 70 heavy (non-hydrogen) atoms. The predicted molar refractivity (Wildman–Crippen MR) is 271 cm³/mol. The van der Waals surface area contributed by atoms with Gasteiger partial charge in [-0.1, -0.05) is 44.2 Å². The number of halogens is 1. The van der Waals surface area contributed by atoms with Gasteiger partial charge in [0.1, 0.15) is 23.3 Å². The van der Waals surface area contributed by atoms with E-state index in [2.05, 4.69) is 31.2 Å². The maximum absolute atomic E-state index is 14.4. The van der Waals surface area contributed by atoms with E-state index in [1.807, 2.05) is 63.4 Å². The highest BCUT2D eigenvalue weighted by atomic mass is 35.5. The summed E-state index contributed by atoms with van der Waals surface area (Å²) in [6.07, 6.45) is 1.17. The molecule has 6 amide bonds. The number of aromatic nitrogens is 1. The van der Waals surface area contributed by atoms with Crippen LogP contribution in [0.25, 0.3) is 21.7 Å². The monoisotopic (exact) mass is 975 g/mol. The van der Waals surface area contributed by atoms with Crippen LogP contribution in [0.15, 0.2) is 78.9 Å². The SMILES string of the molecule is CC(=O)CCCN[C@H](C(=O)N[C@@H](CCCNC(N)=O)C(=O)Nc1ccc(C(=O)Cc2ccc3[nH]c(C(=O)N4C[C@@H](CCl)c5c4cc(OC(=O)N4CCN(C)CC4)c4ccccc54)cc3c2)cc1)C(C)C. The quantitative estimate of drug-likeness (QED) is 0.0289. The summed E-state index contributed by atoms with van der Waals surface area (Å²) >= 11 is 6.56. The first-order valence-corrected chi connectivity index (χ1v) is 24.3. The van der Waals surface area contributed by atoms with Crippen LogP contribution in [0.3, 0.4) is 0 Å². The Balaban J connectivity index is 1.01. The first kappa shape index (κ1) is 51.0. The Hall–Kier alpha value is -6.82. The van der Waals surface area contributed by atoms with Crippen LogP contribution in [0.1, 0.15) is 84.3 Å². The largest absolute Gasteiger partial charge is 0.415 e. The summed E-state index contributed by atoms with van der Waals surface area (Å²) in [4.78, 5) is 99.9. The Morgan fingerprint density at radius 3 is 2.29 bits per heavy atom. The molecule has 1 fully saturated rings. The van der Waals surface area contributed by atoms with E-state index in [9.17, 15) is 33.6 Å². The Kier molecular flexibility index (Phi) is 16.9. The molecule has 7 rings (SSSR count). The molecule has 4 aromatic carbocycles. The van der Waals surface area contributed by atoms with Crippen molar-refractivity contribution in [3.63, 3.8) is 0 Å². The van der Waals surface area contributed by atoms with Crippen LogP contribution in [-0.4, -0.2) is 127 Å². The lowest BCUT2D eigenvalue weighted by Crippen LogP contribution is -2.53. The number of urea groups is 1. The standard InChI is InChI=1S/C52H62ClN9O8/c1-31(2)47(55-19-7-9-32(3)63)49(66)59-41(12-8-20-56-51(54)68)48(65)57-37-16-14-34(15-17-37)44(64)26-33-13-18-40-35(25-33)27-42(58-40)50(67)62-30-36(29-53)46-39-11-6-5-10-38(39)45(28-43(46)62)70-52(69)61-23-21-60(4)22-24-61/h5-6,10-11,13-18,25,27-28,31,36,41,47,55,58H,7-9,12,19-24,26,29-30H2,1-4H3,(H,57,65)(H,59,66)(H3,54,56,68)/t36-,41+,47+/m1/s1. The third-order valence-corrected chi connectivity index (χ3v) is 13.3. The molecule has 3 heterocycles. The number of nitrogens with zero attached hydrogens (tertiary/aromatic N) is 3. The minimum Gasteiger partial charge on any atom is -0.409 e. The van der Waals surface area contributed by atoms with E-state index in [-0.39, 0.29) is 60.5 Å². The number of aromatic amines is 1. The van der Waals surface area contributed by atoms with Gasteiger partial charge in [-0.05, 0) is 105 Å². The molecule has 0 aliphatic carbocycles. The predicted octanol–water partition coefficient (Wildman–Crippen LogP) is 6.33. The second-order valence-corrected chi connectivity index (χ2v) is 18.8. The first-order chi connectivity index (χ1) is 33.6. The zero-order valence-corrected chi connectivity index (χ0v) is 40.8. The minimum absolute atomic E-state index is 0.0619. The summed E-state index contributed by atoms with van der Waals surface area (Å²) in [5.41, 5.74) is 9.40. The molecule has 0 saturated carbocycles. The number of likely N-dealkylation sites (N-methyl/N-ethyl adjacent to an activating group) is 1. The topological polar surface area (TPSA) is 228 Å². The number of nitrogens with one attached hydrogen (secondary N) is 5. The third-order valence-electron chi connectivity index (χ3n) is 12.9. The Morgan fingerprint density at radius 1 is 0.871 bits per heavy atom. The van der Waals surface area contributed by atoms with Gasteiger partial charge in [-0.15, -0.1) is 11.6 Å². The minimum atomic E-state index is -0.950. The zero-order chi connectivity index (χ0) is 50.1. The molecule has 17 nitrogen and oxygen atoms in total. The van der Waals surface area contributed by atoms with Crippen LogP contribution >= 0.6 is 11.6 Å². The van der Waals surface area contributed by atoms with Crippen LogP contribution in [-0.2, 0) is 20.8 Å². The molecule has 18 heteroatoms. The van der Waals surface area contributed by atoms with Gasteiger partial charge in [-0.25, -0.2) is 9.59 Å². The van der Waals surface area contributed by atoms with E-state index in [1.54, 1.807) is 46.2 Å². The highest BCUT2D eigenvalue weighted by Gasteiger charge is 2.36. The number of alkyl halides is 1. The molecule has 2 aliphatic heterocycles. The second-order valence-electron chi connectivity index (χ2n) is 18.5. The number of primary amides is 1. The summed E-state index contributed by atoms with van der Waals surface area (Å²) in [5.74, 6) is -0.831. The maximum atomic E-state index is 14.4. The molecular formula is C52H62ClN9O8. The number of carbonyl (C=O) groups is 7. The lowest BCUT2D eigenvalue weighted by Gasteiger charge is -2.31. The van der Waals surface area contributed by atoms with Gasteiger partial charge >= 0.3 is 12.1 Å². The number of hydrogen-bond acceptors (Lipinski definition) is 10. The lowest BCUT2D eigenvalue weighted by atomic mass is 9.95. The zero-order valence-electron chi connectivity index (χ0n) is 40.1. The number of H-pyrrole nitrogens is 1. The number of benzene rings is 4. The van der Waals surface area contributed by atoms with Crippen LogP contribution in [0.2, 0.25) is 0 Å². The van der Waals surface area contributed by atoms with Crippen molar-refractivity contribution in [3.05, 3.63) is 101 Å². The highest BCUT2D eigenvalue weighted by Crippen LogP contribution is 2.46. The Bertz CT molecular complexity index is 2750. The van der Waals surface area contributed by atoms with Crippen molar-refractivity contribution in [2.75, 3.05) is 69.0 Å². The van der Waals surface area contributed by atoms with Crippen LogP contribution < -0.4 is 36.6 Å². The van der Waals surface area contributed by atoms with E-state index >= 15 is 0 Å². The second kappa shape index (κ2) is 23.2. The number of rotatable bonds is 20. The number of hydrogen-bond donors (Lipinski definition) is 6. The van der Waals surface area contributed by atoms with Gasteiger partial charge in [0.25, 0.3) is 5.91 Å². The van der Waals surface area contributed by atoms with E-state index < -0.39 is 30.1 Å². The molecule has 7 N–H and O–H groups in total. The molecule has 370 valence electrons. The fourth-order valence-electron chi connectivity index (χ4n) is 9.05. The summed E-state index contributed by atoms with van der Waals surface area (Å²) in [6, 6.07) is 21.0. The Labute approximate surface area is 412 Å². The molecule has 1 saturated heterocycles. The number of ether oxygens (including phenoxy) is 1. The highest BCUT2D eigenvalue weighted by molar-refractivity contribution is 6.19. The Morgan fingerprint density at radius 2 is 1.60 bits per heavy atom. The van der Waals surface area contributed by atoms with E-state index in [1.165, 1.54) is 6.92 Å². The molecule has 0 spiro atoms. The van der Waals surface area contributed by atoms with E-state index in [0.717, 1.165) is 40.4 Å². The molecular weight excluding hydrogens is 914 g/mol. The average Bonchev–Trinajstić information content (AvgIpc) is 3.94. The van der Waals surface area contributed by atoms with Crippen molar-refractivity contribution < 1.29 is 38.3 Å². The number of ketones is 2. The number of carbonyl (C=O) groups excluding carboxylic acids is 7. The molecule has 3 atom stereocenters. The number of amides is 6. The van der Waals surface area contributed by atoms with Crippen molar-refractivity contribution >= 4 is 86.1 Å². The van der Waals surface area contributed by atoms with Gasteiger partial charge in [-0.3, -0.25) is 19.2 Å². The molecule has 5 aromatic rings. The molecule has 0 radical (unpaired) electrons. The average molecular weight is 977 g/mol. The van der Waals surface area contributed by atoms with Crippen molar-refractivity contribution in [2.45, 2.75) is 70.9 Å². The normalized spacial score (nSPS) is 15.7. The van der Waals surface area contributed by atoms with Gasteiger partial charge in [0.2, 0.25) is 11.8 Å². The van der Waals surface area contributed by atoms with Gasteiger partial charge in [0.05, 0.1) is 11.7 Å². The number of Topliss-reactive ketones (excluding diaryl/α,β-unsaturated/α-hetero) is 2. The summed E-state index contributed by atoms with van der Waals surface area (Å²) in [6.45, 7) is 8.89. The number of nitrogens with two attached hydrogens (primary N) is 1. The molecule has 1 aromatic heterocycles. The summed E-state index contributed by atoms with van der Waals surface area (Å²) in [7, 11) is 2.02. The van der Waals surface area contributed by atoms with Gasteiger partial charge in [0.15, 0.2) is 5.78 Å². The van der Waals surface area contributed by atoms with Crippen LogP contribution in [0.5, 0.6) is 5.75 Å². The van der Waals surface area contributed by atoms with Gasteiger partial charge in [0, 0.05) is 97.5 Å². The summed E-state index contributed by atoms with van der Waals surface area (Å²) in [5, 5.41) is 13.8. The van der Waals surface area contributed by atoms with E-state index in [4.69, 9.17) is 22.1 Å². The van der Waals surface area contributed by atoms with Crippen molar-refractivity contribution in [3.8, 4) is 5.75 Å². The smallest absolute Gasteiger partial charge is 0.409 e. The van der Waals surface area contributed by atoms with Crippen LogP contribution in [0.4, 0.5) is 21.0 Å². The third kappa shape index (κ3) is 12.5. The fourth-order valence-corrected chi connectivity index (χ4v) is 9.30.